The van der Waals surface area contributed by atoms with Crippen LogP contribution >= 0.6 is 0 Å². The molecule has 6 heteroatoms. The summed E-state index contributed by atoms with van der Waals surface area (Å²) in [6.45, 7) is 11.7. The molecule has 1 aliphatic carbocycles. The Morgan fingerprint density at radius 1 is 0.440 bits per heavy atom. The van der Waals surface area contributed by atoms with Crippen LogP contribution in [0, 0.1) is 25.1 Å². The Morgan fingerprint density at radius 3 is 1.39 bits per heavy atom. The van der Waals surface area contributed by atoms with Crippen molar-refractivity contribution in [3.05, 3.63) is 236 Å². The topological polar surface area (TPSA) is 56.0 Å². The van der Waals surface area contributed by atoms with Gasteiger partial charge in [0.2, 0.25) is 0 Å². The van der Waals surface area contributed by atoms with E-state index in [0.717, 1.165) is 135 Å². The van der Waals surface area contributed by atoms with Gasteiger partial charge in [0.15, 0.2) is 0 Å². The average Bonchev–Trinajstić information content (AvgIpc) is 3.91. The average molecular weight is 1140 g/mol. The van der Waals surface area contributed by atoms with Crippen LogP contribution < -0.4 is 0 Å². The second kappa shape index (κ2) is 19.0. The summed E-state index contributed by atoms with van der Waals surface area (Å²) in [5, 5.41) is 7.62. The standard InChI is InChI=1S/C69H52N5.Ir/c1-44-19-18-30-59-64-60(66-63-67(73-74(66)65(44)59)69(4,5)36-35-68(63,2)3)40-52(43-72-64)58-29-17-16-28-57(58)51-38-49(55-26-14-12-24-53(55)47-31-33-61(70-41-47)45-20-8-6-9-21-45)37-50(39-51)56-27-15-13-25-54(56)48-32-34-62(71-42-48)46-22-10-7-11-23-46;/h6-20,22,24-29,31-34,37-43H,35-36H2,1-5H3;/q-3;+3. The third kappa shape index (κ3) is 8.39. The summed E-state index contributed by atoms with van der Waals surface area (Å²) in [6, 6.07) is 74.5. The molecule has 0 unspecified atom stereocenters. The van der Waals surface area contributed by atoms with Crippen LogP contribution in [0.2, 0.25) is 0 Å². The summed E-state index contributed by atoms with van der Waals surface area (Å²) in [5.41, 5.74) is 23.5. The molecule has 5 nitrogen and oxygen atoms in total. The SMILES string of the molecule is Cc1cc[c-]c2c3ncc(-c4ccccc4-c4cc(-c5ccccc5-c5ccc(-c6[c-]cccc6)nc5)cc(-c5ccccc5-c5ccc(-c6[c-]cccc6)nc5)c4)cc3c3c4c(nn3c12)C(C)(C)CCC4(C)C.[Ir+3]. The fraction of sp³-hybridized carbons (Fsp3) is 0.130. The van der Waals surface area contributed by atoms with Gasteiger partial charge in [0.25, 0.3) is 0 Å². The zero-order chi connectivity index (χ0) is 50.1. The van der Waals surface area contributed by atoms with Gasteiger partial charge in [-0.05, 0) is 131 Å². The van der Waals surface area contributed by atoms with Gasteiger partial charge in [0.05, 0.1) is 11.2 Å². The van der Waals surface area contributed by atoms with Gasteiger partial charge in [-0.3, -0.25) is 4.52 Å². The molecule has 0 atom stereocenters. The van der Waals surface area contributed by atoms with Gasteiger partial charge in [0, 0.05) is 29.6 Å². The molecule has 0 N–H and O–H groups in total. The van der Waals surface area contributed by atoms with E-state index in [1.54, 1.807) is 0 Å². The van der Waals surface area contributed by atoms with E-state index in [4.69, 9.17) is 20.1 Å². The first-order chi connectivity index (χ1) is 36.1. The molecule has 5 aromatic heterocycles. The molecule has 1 aliphatic rings. The zero-order valence-corrected chi connectivity index (χ0v) is 44.9. The first kappa shape index (κ1) is 47.8. The minimum atomic E-state index is -0.0753. The number of aromatic nitrogens is 5. The third-order valence-electron chi connectivity index (χ3n) is 15.4. The Kier molecular flexibility index (Phi) is 12.1. The number of aryl methyl sites for hydroxylation is 1. The summed E-state index contributed by atoms with van der Waals surface area (Å²) < 4.78 is 2.23. The molecule has 0 bridgehead atoms. The molecule has 7 aromatic carbocycles. The van der Waals surface area contributed by atoms with Crippen LogP contribution in [0.25, 0.3) is 117 Å². The van der Waals surface area contributed by atoms with E-state index in [-0.39, 0.29) is 30.9 Å². The molecule has 0 fully saturated rings. The van der Waals surface area contributed by atoms with E-state index in [1.165, 1.54) is 11.3 Å². The van der Waals surface area contributed by atoms with Gasteiger partial charge >= 0.3 is 20.1 Å². The van der Waals surface area contributed by atoms with E-state index >= 15 is 0 Å². The molecule has 0 saturated carbocycles. The maximum atomic E-state index is 5.54. The quantitative estimate of drug-likeness (QED) is 0.112. The van der Waals surface area contributed by atoms with Crippen LogP contribution in [0.3, 0.4) is 0 Å². The Balaban J connectivity index is 0.00000569. The molecule has 0 radical (unpaired) electrons. The van der Waals surface area contributed by atoms with Crippen LogP contribution in [0.4, 0.5) is 0 Å². The zero-order valence-electron chi connectivity index (χ0n) is 42.5. The van der Waals surface area contributed by atoms with E-state index in [0.29, 0.717) is 0 Å². The van der Waals surface area contributed by atoms with Crippen molar-refractivity contribution in [1.29, 1.82) is 0 Å². The molecule has 5 heterocycles. The molecule has 0 amide bonds. The van der Waals surface area contributed by atoms with Crippen LogP contribution in [0.15, 0.2) is 201 Å². The van der Waals surface area contributed by atoms with Crippen molar-refractivity contribution in [1.82, 2.24) is 24.6 Å². The predicted molar refractivity (Wildman–Crippen MR) is 304 cm³/mol. The molecule has 0 spiro atoms. The number of nitrogens with zero attached hydrogens (tertiary/aromatic N) is 5. The summed E-state index contributed by atoms with van der Waals surface area (Å²) in [7, 11) is 0. The van der Waals surface area contributed by atoms with Gasteiger partial charge in [-0.1, -0.05) is 143 Å². The largest absolute Gasteiger partial charge is 3.00 e. The normalized spacial score (nSPS) is 13.7. The smallest absolute Gasteiger partial charge is 0.304 e. The number of fused-ring (bicyclic) bond motifs is 8. The summed E-state index contributed by atoms with van der Waals surface area (Å²) >= 11 is 0. The van der Waals surface area contributed by atoms with Crippen molar-refractivity contribution >= 4 is 27.3 Å². The maximum absolute atomic E-state index is 5.54. The number of pyridine rings is 4. The third-order valence-corrected chi connectivity index (χ3v) is 15.4. The van der Waals surface area contributed by atoms with Gasteiger partial charge < -0.3 is 15.0 Å². The molecule has 362 valence electrons. The van der Waals surface area contributed by atoms with E-state index < -0.39 is 0 Å². The molecule has 13 rings (SSSR count). The monoisotopic (exact) mass is 1140 g/mol. The molecule has 12 aromatic rings. The van der Waals surface area contributed by atoms with Crippen LogP contribution in [0.5, 0.6) is 0 Å². The molecule has 0 saturated heterocycles. The summed E-state index contributed by atoms with van der Waals surface area (Å²) in [6.07, 6.45) is 8.20. The predicted octanol–water partition coefficient (Wildman–Crippen LogP) is 17.2. The second-order valence-corrected chi connectivity index (χ2v) is 21.1. The fourth-order valence-corrected chi connectivity index (χ4v) is 11.4. The van der Waals surface area contributed by atoms with E-state index in [1.807, 2.05) is 67.0 Å². The van der Waals surface area contributed by atoms with Crippen molar-refractivity contribution in [2.45, 2.75) is 58.3 Å². The number of benzene rings is 7. The number of hydrogen-bond donors (Lipinski definition) is 0. The first-order valence-corrected chi connectivity index (χ1v) is 25.6. The van der Waals surface area contributed by atoms with Crippen LogP contribution in [-0.2, 0) is 30.9 Å². The molecule has 75 heavy (non-hydrogen) atoms. The van der Waals surface area contributed by atoms with Crippen LogP contribution in [-0.4, -0.2) is 24.6 Å². The first-order valence-electron chi connectivity index (χ1n) is 25.6. The van der Waals surface area contributed by atoms with Crippen molar-refractivity contribution < 1.29 is 20.1 Å². The second-order valence-electron chi connectivity index (χ2n) is 21.1. The Labute approximate surface area is 452 Å². The number of hydrogen-bond acceptors (Lipinski definition) is 4. The van der Waals surface area contributed by atoms with Crippen molar-refractivity contribution in [3.8, 4) is 89.3 Å². The van der Waals surface area contributed by atoms with Gasteiger partial charge in [0.1, 0.15) is 0 Å². The molecular weight excluding hydrogens is 1090 g/mol. The molecular formula is C69H52IrN5. The minimum absolute atomic E-state index is 0. The Hall–Kier alpha value is -8.15. The van der Waals surface area contributed by atoms with E-state index in [9.17, 15) is 0 Å². The van der Waals surface area contributed by atoms with Gasteiger partial charge in [-0.2, -0.15) is 5.10 Å². The summed E-state index contributed by atoms with van der Waals surface area (Å²) in [5.74, 6) is 0. The van der Waals surface area contributed by atoms with E-state index in [2.05, 4.69) is 191 Å². The van der Waals surface area contributed by atoms with Gasteiger partial charge in [-0.25, -0.2) is 0 Å². The Morgan fingerprint density at radius 2 is 0.907 bits per heavy atom. The Bertz CT molecular complexity index is 3980. The van der Waals surface area contributed by atoms with Crippen molar-refractivity contribution in [3.63, 3.8) is 0 Å². The van der Waals surface area contributed by atoms with Crippen molar-refractivity contribution in [2.75, 3.05) is 0 Å². The maximum Gasteiger partial charge on any atom is 3.00 e. The van der Waals surface area contributed by atoms with Crippen molar-refractivity contribution in [2.24, 2.45) is 0 Å². The van der Waals surface area contributed by atoms with Gasteiger partial charge in [-0.15, -0.1) is 95.6 Å². The summed E-state index contributed by atoms with van der Waals surface area (Å²) in [4.78, 5) is 15.3. The minimum Gasteiger partial charge on any atom is -0.304 e. The number of rotatable bonds is 8. The molecule has 0 aliphatic heterocycles. The van der Waals surface area contributed by atoms with Crippen LogP contribution in [0.1, 0.15) is 57.4 Å². The fourth-order valence-electron chi connectivity index (χ4n) is 11.4.